The number of nitro groups is 1. The van der Waals surface area contributed by atoms with E-state index >= 15 is 0 Å². The number of carbonyl (C=O) groups excluding carboxylic acids is 1. The van der Waals surface area contributed by atoms with Gasteiger partial charge in [0.15, 0.2) is 0 Å². The lowest BCUT2D eigenvalue weighted by Gasteiger charge is -2.17. The van der Waals surface area contributed by atoms with Crippen LogP contribution in [0.5, 0.6) is 0 Å². The fourth-order valence-corrected chi connectivity index (χ4v) is 3.78. The molecular formula is C23H23N5O3. The van der Waals surface area contributed by atoms with E-state index in [2.05, 4.69) is 27.4 Å². The van der Waals surface area contributed by atoms with E-state index in [-0.39, 0.29) is 17.6 Å². The van der Waals surface area contributed by atoms with Crippen molar-refractivity contribution in [2.45, 2.75) is 19.0 Å². The van der Waals surface area contributed by atoms with Gasteiger partial charge in [0, 0.05) is 43.9 Å². The van der Waals surface area contributed by atoms with Gasteiger partial charge in [0.05, 0.1) is 17.2 Å². The minimum Gasteiger partial charge on any atom is -0.307 e. The first-order valence-corrected chi connectivity index (χ1v) is 10.1. The highest BCUT2D eigenvalue weighted by atomic mass is 16.6. The third-order valence-corrected chi connectivity index (χ3v) is 5.27. The van der Waals surface area contributed by atoms with Gasteiger partial charge in [-0.1, -0.05) is 42.5 Å². The molecule has 1 N–H and O–H groups in total. The number of carbonyl (C=O) groups is 1. The van der Waals surface area contributed by atoms with Gasteiger partial charge in [-0.25, -0.2) is 4.68 Å². The molecule has 4 rings (SSSR count). The van der Waals surface area contributed by atoms with Crippen molar-refractivity contribution in [3.8, 4) is 0 Å². The molecule has 0 aliphatic carbocycles. The summed E-state index contributed by atoms with van der Waals surface area (Å²) in [5, 5.41) is 18.2. The van der Waals surface area contributed by atoms with Gasteiger partial charge in [-0.15, -0.1) is 0 Å². The molecule has 158 valence electrons. The predicted octanol–water partition coefficient (Wildman–Crippen LogP) is 3.89. The van der Waals surface area contributed by atoms with Crippen molar-refractivity contribution < 1.29 is 9.72 Å². The van der Waals surface area contributed by atoms with E-state index in [1.54, 1.807) is 30.5 Å². The highest BCUT2D eigenvalue weighted by molar-refractivity contribution is 6.01. The van der Waals surface area contributed by atoms with Crippen molar-refractivity contribution in [2.24, 2.45) is 0 Å². The highest BCUT2D eigenvalue weighted by Crippen LogP contribution is 2.26. The second-order valence-electron chi connectivity index (χ2n) is 7.50. The van der Waals surface area contributed by atoms with Crippen LogP contribution >= 0.6 is 0 Å². The van der Waals surface area contributed by atoms with Crippen LogP contribution in [0.2, 0.25) is 0 Å². The fraction of sp³-hybridized carbons (Fsp3) is 0.217. The number of nitrogens with one attached hydrogen (secondary N) is 1. The van der Waals surface area contributed by atoms with Gasteiger partial charge in [0.1, 0.15) is 5.82 Å². The molecule has 0 spiro atoms. The molecule has 1 unspecified atom stereocenters. The Morgan fingerprint density at radius 2 is 2.03 bits per heavy atom. The number of benzene rings is 2. The van der Waals surface area contributed by atoms with E-state index in [0.717, 1.165) is 26.1 Å². The topological polar surface area (TPSA) is 93.3 Å². The Morgan fingerprint density at radius 3 is 2.84 bits per heavy atom. The maximum atomic E-state index is 12.4. The maximum Gasteiger partial charge on any atom is 0.270 e. The van der Waals surface area contributed by atoms with Gasteiger partial charge in [0.25, 0.3) is 5.69 Å². The van der Waals surface area contributed by atoms with Crippen molar-refractivity contribution in [1.82, 2.24) is 14.7 Å². The van der Waals surface area contributed by atoms with Gasteiger partial charge in [-0.3, -0.25) is 19.8 Å². The van der Waals surface area contributed by atoms with E-state index < -0.39 is 4.92 Å². The average molecular weight is 417 g/mol. The number of amides is 1. The molecule has 1 atom stereocenters. The van der Waals surface area contributed by atoms with Crippen LogP contribution in [0.25, 0.3) is 6.08 Å². The summed E-state index contributed by atoms with van der Waals surface area (Å²) in [6, 6.07) is 18.5. The molecule has 1 aliphatic heterocycles. The molecule has 31 heavy (non-hydrogen) atoms. The normalized spacial score (nSPS) is 16.6. The molecule has 2 aromatic carbocycles. The van der Waals surface area contributed by atoms with E-state index in [1.807, 2.05) is 22.9 Å². The first kappa shape index (κ1) is 20.5. The maximum absolute atomic E-state index is 12.4. The van der Waals surface area contributed by atoms with Crippen molar-refractivity contribution in [3.05, 3.63) is 94.2 Å². The quantitative estimate of drug-likeness (QED) is 0.358. The van der Waals surface area contributed by atoms with Gasteiger partial charge >= 0.3 is 0 Å². The SMILES string of the molecule is O=C(/C=C/c1cccc([N+](=O)[O-])c1)Nc1ccnn1C1CCN(Cc2ccccc2)C1. The lowest BCUT2D eigenvalue weighted by Crippen LogP contribution is -2.22. The minimum atomic E-state index is -0.460. The summed E-state index contributed by atoms with van der Waals surface area (Å²) in [5.74, 6) is 0.327. The molecule has 1 aliphatic rings. The van der Waals surface area contributed by atoms with Crippen LogP contribution in [0.15, 0.2) is 72.9 Å². The largest absolute Gasteiger partial charge is 0.307 e. The smallest absolute Gasteiger partial charge is 0.270 e. The number of hydrogen-bond acceptors (Lipinski definition) is 5. The zero-order valence-corrected chi connectivity index (χ0v) is 16.9. The monoisotopic (exact) mass is 417 g/mol. The number of nitro benzene ring substituents is 1. The van der Waals surface area contributed by atoms with E-state index in [4.69, 9.17) is 0 Å². The number of rotatable bonds is 7. The second kappa shape index (κ2) is 9.36. The van der Waals surface area contributed by atoms with Gasteiger partial charge in [0.2, 0.25) is 5.91 Å². The Bertz CT molecular complexity index is 1090. The molecule has 1 amide bonds. The fourth-order valence-electron chi connectivity index (χ4n) is 3.78. The van der Waals surface area contributed by atoms with Crippen LogP contribution in [-0.2, 0) is 11.3 Å². The molecule has 1 saturated heterocycles. The molecule has 0 saturated carbocycles. The average Bonchev–Trinajstić information content (AvgIpc) is 3.42. The predicted molar refractivity (Wildman–Crippen MR) is 118 cm³/mol. The Balaban J connectivity index is 1.37. The number of aromatic nitrogens is 2. The van der Waals surface area contributed by atoms with Crippen LogP contribution in [0, 0.1) is 10.1 Å². The first-order valence-electron chi connectivity index (χ1n) is 10.1. The lowest BCUT2D eigenvalue weighted by atomic mass is 10.2. The zero-order chi connectivity index (χ0) is 21.6. The molecule has 1 aromatic heterocycles. The van der Waals surface area contributed by atoms with E-state index in [9.17, 15) is 14.9 Å². The van der Waals surface area contributed by atoms with Crippen LogP contribution < -0.4 is 5.32 Å². The summed E-state index contributed by atoms with van der Waals surface area (Å²) in [4.78, 5) is 25.2. The summed E-state index contributed by atoms with van der Waals surface area (Å²) in [6.07, 6.45) is 5.56. The summed E-state index contributed by atoms with van der Waals surface area (Å²) >= 11 is 0. The van der Waals surface area contributed by atoms with Crippen molar-refractivity contribution >= 4 is 23.5 Å². The standard InChI is InChI=1S/C23H23N5O3/c29-23(10-9-18-7-4-8-20(15-18)28(30)31)25-22-11-13-24-27(22)21-12-14-26(17-21)16-19-5-2-1-3-6-19/h1-11,13,15,21H,12,14,16-17H2,(H,25,29)/b10-9+. The Morgan fingerprint density at radius 1 is 1.19 bits per heavy atom. The number of non-ortho nitro benzene ring substituents is 1. The summed E-state index contributed by atoms with van der Waals surface area (Å²) in [6.45, 7) is 2.73. The minimum absolute atomic E-state index is 0.0121. The molecule has 8 nitrogen and oxygen atoms in total. The molecular weight excluding hydrogens is 394 g/mol. The van der Waals surface area contributed by atoms with Crippen molar-refractivity contribution in [2.75, 3.05) is 18.4 Å². The van der Waals surface area contributed by atoms with Crippen LogP contribution in [0.1, 0.15) is 23.6 Å². The molecule has 2 heterocycles. The van der Waals surface area contributed by atoms with Crippen LogP contribution in [-0.4, -0.2) is 38.6 Å². The Labute approximate surface area is 180 Å². The Kier molecular flexibility index (Phi) is 6.18. The third-order valence-electron chi connectivity index (χ3n) is 5.27. The van der Waals surface area contributed by atoms with Gasteiger partial charge in [-0.05, 0) is 23.6 Å². The van der Waals surface area contributed by atoms with Crippen molar-refractivity contribution in [1.29, 1.82) is 0 Å². The molecule has 0 radical (unpaired) electrons. The summed E-state index contributed by atoms with van der Waals surface area (Å²) in [7, 11) is 0. The third kappa shape index (κ3) is 5.23. The first-order chi connectivity index (χ1) is 15.1. The van der Waals surface area contributed by atoms with Crippen LogP contribution in [0.4, 0.5) is 11.5 Å². The number of nitrogens with zero attached hydrogens (tertiary/aromatic N) is 4. The highest BCUT2D eigenvalue weighted by Gasteiger charge is 2.26. The lowest BCUT2D eigenvalue weighted by molar-refractivity contribution is -0.384. The van der Waals surface area contributed by atoms with E-state index in [0.29, 0.717) is 11.4 Å². The summed E-state index contributed by atoms with van der Waals surface area (Å²) in [5.41, 5.74) is 1.86. The van der Waals surface area contributed by atoms with Gasteiger partial charge < -0.3 is 5.32 Å². The number of hydrogen-bond donors (Lipinski definition) is 1. The molecule has 0 bridgehead atoms. The van der Waals surface area contributed by atoms with Crippen molar-refractivity contribution in [3.63, 3.8) is 0 Å². The van der Waals surface area contributed by atoms with E-state index in [1.165, 1.54) is 23.8 Å². The Hall–Kier alpha value is -3.78. The van der Waals surface area contributed by atoms with Gasteiger partial charge in [-0.2, -0.15) is 5.10 Å². The number of anilines is 1. The molecule has 8 heteroatoms. The zero-order valence-electron chi connectivity index (χ0n) is 16.9. The summed E-state index contributed by atoms with van der Waals surface area (Å²) < 4.78 is 1.87. The molecule has 3 aromatic rings. The number of likely N-dealkylation sites (tertiary alicyclic amines) is 1. The van der Waals surface area contributed by atoms with Crippen LogP contribution in [0.3, 0.4) is 0 Å². The second-order valence-corrected chi connectivity index (χ2v) is 7.50. The molecule has 1 fully saturated rings.